The summed E-state index contributed by atoms with van der Waals surface area (Å²) < 4.78 is 38.5. The van der Waals surface area contributed by atoms with Gasteiger partial charge < -0.3 is 10.3 Å². The van der Waals surface area contributed by atoms with Gasteiger partial charge in [0, 0.05) is 5.69 Å². The van der Waals surface area contributed by atoms with E-state index >= 15 is 0 Å². The first kappa shape index (κ1) is 11.7. The third-order valence-corrected chi connectivity index (χ3v) is 2.77. The van der Waals surface area contributed by atoms with E-state index in [0.29, 0.717) is 16.6 Å². The summed E-state index contributed by atoms with van der Waals surface area (Å²) in [4.78, 5) is 7.67. The Bertz CT molecular complexity index is 571. The van der Waals surface area contributed by atoms with E-state index < -0.39 is 12.7 Å². The molecule has 17 heavy (non-hydrogen) atoms. The van der Waals surface area contributed by atoms with Gasteiger partial charge >= 0.3 is 6.18 Å². The molecule has 2 aromatic heterocycles. The standard InChI is InChI=1S/C10H11F3N4/c1-5-6(2)17(3-10(11,12)13)9-7(5)8(14)15-4-16-9/h4H,3H2,1-2H3,(H2,14,15,16). The van der Waals surface area contributed by atoms with Crippen LogP contribution in [0.5, 0.6) is 0 Å². The van der Waals surface area contributed by atoms with E-state index in [4.69, 9.17) is 5.73 Å². The van der Waals surface area contributed by atoms with Gasteiger partial charge in [0.2, 0.25) is 0 Å². The fraction of sp³-hybridized carbons (Fsp3) is 0.400. The molecule has 0 fully saturated rings. The Balaban J connectivity index is 2.72. The lowest BCUT2D eigenvalue weighted by molar-refractivity contribution is -0.140. The van der Waals surface area contributed by atoms with Crippen LogP contribution in [0.15, 0.2) is 6.33 Å². The molecule has 7 heteroatoms. The minimum absolute atomic E-state index is 0.205. The molecule has 0 atom stereocenters. The predicted molar refractivity (Wildman–Crippen MR) is 57.5 cm³/mol. The number of anilines is 1. The summed E-state index contributed by atoms with van der Waals surface area (Å²) in [5.41, 5.74) is 7.07. The van der Waals surface area contributed by atoms with Crippen molar-refractivity contribution in [3.05, 3.63) is 17.6 Å². The molecule has 2 N–H and O–H groups in total. The van der Waals surface area contributed by atoms with Crippen LogP contribution in [0, 0.1) is 13.8 Å². The molecular formula is C10H11F3N4. The second-order valence-corrected chi connectivity index (χ2v) is 3.87. The number of nitrogen functional groups attached to an aromatic ring is 1. The zero-order valence-electron chi connectivity index (χ0n) is 9.34. The maximum Gasteiger partial charge on any atom is 0.406 e. The van der Waals surface area contributed by atoms with Gasteiger partial charge in [-0.05, 0) is 19.4 Å². The van der Waals surface area contributed by atoms with Crippen LogP contribution in [0.1, 0.15) is 11.3 Å². The van der Waals surface area contributed by atoms with E-state index in [2.05, 4.69) is 9.97 Å². The van der Waals surface area contributed by atoms with Gasteiger partial charge in [-0.1, -0.05) is 0 Å². The van der Waals surface area contributed by atoms with Crippen LogP contribution in [0.3, 0.4) is 0 Å². The number of hydrogen-bond acceptors (Lipinski definition) is 3. The van der Waals surface area contributed by atoms with Gasteiger partial charge in [0.25, 0.3) is 0 Å². The highest BCUT2D eigenvalue weighted by Gasteiger charge is 2.30. The molecule has 92 valence electrons. The van der Waals surface area contributed by atoms with E-state index in [-0.39, 0.29) is 11.5 Å². The van der Waals surface area contributed by atoms with Crippen molar-refractivity contribution in [1.29, 1.82) is 0 Å². The van der Waals surface area contributed by atoms with E-state index in [1.807, 2.05) is 0 Å². The maximum absolute atomic E-state index is 12.5. The topological polar surface area (TPSA) is 56.7 Å². The number of halogens is 3. The first-order valence-corrected chi connectivity index (χ1v) is 4.94. The molecule has 2 heterocycles. The summed E-state index contributed by atoms with van der Waals surface area (Å²) in [5.74, 6) is 0.205. The Morgan fingerprint density at radius 1 is 1.29 bits per heavy atom. The van der Waals surface area contributed by atoms with Crippen molar-refractivity contribution < 1.29 is 13.2 Å². The van der Waals surface area contributed by atoms with Gasteiger partial charge in [-0.25, -0.2) is 9.97 Å². The maximum atomic E-state index is 12.5. The van der Waals surface area contributed by atoms with E-state index in [1.165, 1.54) is 6.33 Å². The lowest BCUT2D eigenvalue weighted by Crippen LogP contribution is -2.18. The summed E-state index contributed by atoms with van der Waals surface area (Å²) in [6.07, 6.45) is -3.12. The zero-order valence-corrected chi connectivity index (χ0v) is 9.34. The van der Waals surface area contributed by atoms with Crippen LogP contribution in [0.4, 0.5) is 19.0 Å². The number of aromatic nitrogens is 3. The Morgan fingerprint density at radius 3 is 2.53 bits per heavy atom. The van der Waals surface area contributed by atoms with Crippen LogP contribution in [-0.2, 0) is 6.54 Å². The molecular weight excluding hydrogens is 233 g/mol. The molecule has 4 nitrogen and oxygen atoms in total. The van der Waals surface area contributed by atoms with Gasteiger partial charge in [-0.3, -0.25) is 0 Å². The number of aryl methyl sites for hydroxylation is 1. The quantitative estimate of drug-likeness (QED) is 0.836. The molecule has 0 saturated carbocycles. The average Bonchev–Trinajstić information content (AvgIpc) is 2.43. The number of hydrogen-bond donors (Lipinski definition) is 1. The number of fused-ring (bicyclic) bond motifs is 1. The van der Waals surface area contributed by atoms with Crippen molar-refractivity contribution in [2.24, 2.45) is 0 Å². The van der Waals surface area contributed by atoms with E-state index in [1.54, 1.807) is 13.8 Å². The summed E-state index contributed by atoms with van der Waals surface area (Å²) in [6.45, 7) is 2.26. The Morgan fingerprint density at radius 2 is 1.94 bits per heavy atom. The number of nitrogens with zero attached hydrogens (tertiary/aromatic N) is 3. The summed E-state index contributed by atoms with van der Waals surface area (Å²) >= 11 is 0. The van der Waals surface area contributed by atoms with Gasteiger partial charge in [0.15, 0.2) is 0 Å². The molecule has 2 aromatic rings. The molecule has 0 aromatic carbocycles. The Kier molecular flexibility index (Phi) is 2.48. The van der Waals surface area contributed by atoms with Gasteiger partial charge in [-0.15, -0.1) is 0 Å². The lowest BCUT2D eigenvalue weighted by atomic mass is 10.2. The summed E-state index contributed by atoms with van der Waals surface area (Å²) in [6, 6.07) is 0. The van der Waals surface area contributed by atoms with Crippen molar-refractivity contribution in [3.63, 3.8) is 0 Å². The van der Waals surface area contributed by atoms with Crippen molar-refractivity contribution in [3.8, 4) is 0 Å². The molecule has 0 saturated heterocycles. The van der Waals surface area contributed by atoms with Crippen molar-refractivity contribution in [1.82, 2.24) is 14.5 Å². The lowest BCUT2D eigenvalue weighted by Gasteiger charge is -2.10. The summed E-state index contributed by atoms with van der Waals surface area (Å²) in [5, 5.41) is 0.495. The van der Waals surface area contributed by atoms with Crippen LogP contribution >= 0.6 is 0 Å². The molecule has 0 amide bonds. The molecule has 0 spiro atoms. The smallest absolute Gasteiger partial charge is 0.383 e. The van der Waals surface area contributed by atoms with Crippen molar-refractivity contribution in [2.75, 3.05) is 5.73 Å². The predicted octanol–water partition coefficient (Wildman–Crippen LogP) is 2.19. The molecule has 0 unspecified atom stereocenters. The Hall–Kier alpha value is -1.79. The molecule has 0 aliphatic carbocycles. The third kappa shape index (κ3) is 1.92. The van der Waals surface area contributed by atoms with Gasteiger partial charge in [0.05, 0.1) is 5.39 Å². The highest BCUT2D eigenvalue weighted by atomic mass is 19.4. The second-order valence-electron chi connectivity index (χ2n) is 3.87. The fourth-order valence-electron chi connectivity index (χ4n) is 1.87. The van der Waals surface area contributed by atoms with Crippen LogP contribution in [-0.4, -0.2) is 20.7 Å². The minimum atomic E-state index is -4.29. The van der Waals surface area contributed by atoms with E-state index in [9.17, 15) is 13.2 Å². The van der Waals surface area contributed by atoms with Crippen LogP contribution in [0.2, 0.25) is 0 Å². The van der Waals surface area contributed by atoms with Crippen LogP contribution < -0.4 is 5.73 Å². The fourth-order valence-corrected chi connectivity index (χ4v) is 1.87. The highest BCUT2D eigenvalue weighted by molar-refractivity contribution is 5.90. The molecule has 0 aliphatic heterocycles. The third-order valence-electron chi connectivity index (χ3n) is 2.77. The molecule has 0 aliphatic rings. The second kappa shape index (κ2) is 3.61. The monoisotopic (exact) mass is 244 g/mol. The zero-order chi connectivity index (χ0) is 12.8. The first-order valence-electron chi connectivity index (χ1n) is 4.94. The van der Waals surface area contributed by atoms with Crippen LogP contribution in [0.25, 0.3) is 11.0 Å². The molecule has 2 rings (SSSR count). The first-order chi connectivity index (χ1) is 7.81. The van der Waals surface area contributed by atoms with Gasteiger partial charge in [-0.2, -0.15) is 13.2 Å². The Labute approximate surface area is 95.3 Å². The van der Waals surface area contributed by atoms with Gasteiger partial charge in [0.1, 0.15) is 24.3 Å². The summed E-state index contributed by atoms with van der Waals surface area (Å²) in [7, 11) is 0. The van der Waals surface area contributed by atoms with E-state index in [0.717, 1.165) is 4.57 Å². The largest absolute Gasteiger partial charge is 0.406 e. The van der Waals surface area contributed by atoms with Crippen molar-refractivity contribution in [2.45, 2.75) is 26.6 Å². The number of rotatable bonds is 1. The highest BCUT2D eigenvalue weighted by Crippen LogP contribution is 2.29. The van der Waals surface area contributed by atoms with Crippen molar-refractivity contribution >= 4 is 16.9 Å². The molecule has 0 bridgehead atoms. The minimum Gasteiger partial charge on any atom is -0.383 e. The number of nitrogens with two attached hydrogens (primary N) is 1. The normalized spacial score (nSPS) is 12.3. The molecule has 0 radical (unpaired) electrons. The number of alkyl halides is 3. The SMILES string of the molecule is Cc1c(C)n(CC(F)(F)F)c2ncnc(N)c12. The average molecular weight is 244 g/mol.